The topological polar surface area (TPSA) is 42.9 Å². The molecule has 0 amide bonds. The average Bonchev–Trinajstić information content (AvgIpc) is 2.40. The second kappa shape index (κ2) is 5.34. The molecule has 0 aliphatic heterocycles. The van der Waals surface area contributed by atoms with Crippen LogP contribution in [-0.4, -0.2) is 15.8 Å². The highest BCUT2D eigenvalue weighted by atomic mass is 16.1. The van der Waals surface area contributed by atoms with E-state index in [-0.39, 0.29) is 5.78 Å². The van der Waals surface area contributed by atoms with Crippen molar-refractivity contribution in [1.82, 2.24) is 9.97 Å². The predicted octanol–water partition coefficient (Wildman–Crippen LogP) is 2.46. The van der Waals surface area contributed by atoms with Crippen LogP contribution in [0.3, 0.4) is 0 Å². The minimum atomic E-state index is 0.0508. The van der Waals surface area contributed by atoms with Crippen LogP contribution in [0, 0.1) is 0 Å². The predicted molar refractivity (Wildman–Crippen MR) is 65.9 cm³/mol. The lowest BCUT2D eigenvalue weighted by molar-refractivity contribution is 0.0991. The minimum Gasteiger partial charge on any atom is -0.294 e. The van der Waals surface area contributed by atoms with E-state index in [1.165, 1.54) is 5.56 Å². The number of pyridine rings is 2. The van der Waals surface area contributed by atoms with Crippen molar-refractivity contribution in [2.75, 3.05) is 0 Å². The zero-order chi connectivity index (χ0) is 12.1. The molecule has 3 nitrogen and oxygen atoms in total. The van der Waals surface area contributed by atoms with Crippen LogP contribution >= 0.6 is 0 Å². The Kier molecular flexibility index (Phi) is 3.60. The van der Waals surface area contributed by atoms with E-state index < -0.39 is 0 Å². The van der Waals surface area contributed by atoms with Gasteiger partial charge in [-0.05, 0) is 30.2 Å². The number of hydrogen-bond acceptors (Lipinski definition) is 3. The van der Waals surface area contributed by atoms with E-state index in [1.54, 1.807) is 24.5 Å². The Labute approximate surface area is 101 Å². The number of hydrogen-bond donors (Lipinski definition) is 0. The van der Waals surface area contributed by atoms with Crippen molar-refractivity contribution in [3.63, 3.8) is 0 Å². The molecule has 0 fully saturated rings. The number of carbonyl (C=O) groups is 1. The lowest BCUT2D eigenvalue weighted by atomic mass is 10.1. The van der Waals surface area contributed by atoms with Crippen LogP contribution in [0.4, 0.5) is 0 Å². The summed E-state index contributed by atoms with van der Waals surface area (Å²) in [5, 5.41) is 0. The molecule has 0 bridgehead atoms. The monoisotopic (exact) mass is 226 g/mol. The van der Waals surface area contributed by atoms with Gasteiger partial charge in [0, 0.05) is 29.8 Å². The summed E-state index contributed by atoms with van der Waals surface area (Å²) >= 11 is 0. The molecule has 2 heterocycles. The first-order chi connectivity index (χ1) is 8.29. The number of nitrogens with zero attached hydrogens (tertiary/aromatic N) is 2. The summed E-state index contributed by atoms with van der Waals surface area (Å²) in [6, 6.07) is 7.46. The van der Waals surface area contributed by atoms with Crippen molar-refractivity contribution >= 4 is 5.78 Å². The third-order valence-electron chi connectivity index (χ3n) is 2.62. The van der Waals surface area contributed by atoms with Crippen LogP contribution in [0.25, 0.3) is 0 Å². The van der Waals surface area contributed by atoms with Crippen molar-refractivity contribution in [3.05, 3.63) is 59.7 Å². The highest BCUT2D eigenvalue weighted by molar-refractivity contribution is 5.96. The largest absolute Gasteiger partial charge is 0.294 e. The number of aromatic nitrogens is 2. The van der Waals surface area contributed by atoms with E-state index in [2.05, 4.69) is 16.9 Å². The molecule has 0 saturated heterocycles. The van der Waals surface area contributed by atoms with E-state index in [9.17, 15) is 4.79 Å². The van der Waals surface area contributed by atoms with Gasteiger partial charge in [0.2, 0.25) is 0 Å². The van der Waals surface area contributed by atoms with Crippen molar-refractivity contribution in [2.45, 2.75) is 19.8 Å². The Morgan fingerprint density at radius 1 is 1.24 bits per heavy atom. The zero-order valence-electron chi connectivity index (χ0n) is 9.76. The fourth-order valence-corrected chi connectivity index (χ4v) is 1.56. The van der Waals surface area contributed by atoms with Gasteiger partial charge in [-0.25, -0.2) is 0 Å². The van der Waals surface area contributed by atoms with Crippen LogP contribution in [0.5, 0.6) is 0 Å². The molecule has 0 unspecified atom stereocenters. The van der Waals surface area contributed by atoms with Crippen molar-refractivity contribution in [2.24, 2.45) is 0 Å². The maximum atomic E-state index is 11.9. The molecule has 0 aliphatic rings. The fraction of sp³-hybridized carbons (Fsp3) is 0.214. The summed E-state index contributed by atoms with van der Waals surface area (Å²) < 4.78 is 0. The molecule has 0 atom stereocenters. The van der Waals surface area contributed by atoms with Crippen LogP contribution in [0.1, 0.15) is 28.5 Å². The Bertz CT molecular complexity index is 491. The summed E-state index contributed by atoms with van der Waals surface area (Å²) in [4.78, 5) is 20.1. The van der Waals surface area contributed by atoms with Crippen LogP contribution < -0.4 is 0 Å². The first-order valence-corrected chi connectivity index (χ1v) is 5.66. The molecule has 3 heteroatoms. The normalized spacial score (nSPS) is 10.2. The second-order valence-corrected chi connectivity index (χ2v) is 3.85. The van der Waals surface area contributed by atoms with Crippen LogP contribution in [0.2, 0.25) is 0 Å². The molecule has 2 aromatic rings. The highest BCUT2D eigenvalue weighted by Crippen LogP contribution is 2.06. The number of rotatable bonds is 4. The summed E-state index contributed by atoms with van der Waals surface area (Å²) in [7, 11) is 0. The summed E-state index contributed by atoms with van der Waals surface area (Å²) in [6.45, 7) is 2.08. The van der Waals surface area contributed by atoms with E-state index in [0.29, 0.717) is 12.0 Å². The zero-order valence-corrected chi connectivity index (χ0v) is 9.76. The third-order valence-corrected chi connectivity index (χ3v) is 2.62. The Balaban J connectivity index is 2.08. The van der Waals surface area contributed by atoms with Crippen LogP contribution in [0.15, 0.2) is 42.9 Å². The van der Waals surface area contributed by atoms with Gasteiger partial charge in [-0.3, -0.25) is 14.8 Å². The van der Waals surface area contributed by atoms with Gasteiger partial charge in [-0.1, -0.05) is 13.0 Å². The van der Waals surface area contributed by atoms with Gasteiger partial charge >= 0.3 is 0 Å². The molecule has 17 heavy (non-hydrogen) atoms. The van der Waals surface area contributed by atoms with Crippen molar-refractivity contribution in [3.8, 4) is 0 Å². The summed E-state index contributed by atoms with van der Waals surface area (Å²) in [5.41, 5.74) is 2.62. The molecule has 0 aliphatic carbocycles. The SMILES string of the molecule is CCc1ccc(CC(=O)c2cccnc2)nc1. The lowest BCUT2D eigenvalue weighted by Crippen LogP contribution is -2.05. The van der Waals surface area contributed by atoms with E-state index in [1.807, 2.05) is 18.3 Å². The molecule has 86 valence electrons. The van der Waals surface area contributed by atoms with Crippen molar-refractivity contribution in [1.29, 1.82) is 0 Å². The molecular formula is C14H14N2O. The number of aryl methyl sites for hydroxylation is 1. The van der Waals surface area contributed by atoms with Gasteiger partial charge in [0.05, 0.1) is 6.42 Å². The standard InChI is InChI=1S/C14H14N2O/c1-2-11-5-6-13(16-9-11)8-14(17)12-4-3-7-15-10-12/h3-7,9-10H,2,8H2,1H3. The van der Waals surface area contributed by atoms with Gasteiger partial charge in [0.15, 0.2) is 5.78 Å². The van der Waals surface area contributed by atoms with Gasteiger partial charge in [-0.15, -0.1) is 0 Å². The van der Waals surface area contributed by atoms with E-state index in [0.717, 1.165) is 12.1 Å². The average molecular weight is 226 g/mol. The molecule has 0 aromatic carbocycles. The smallest absolute Gasteiger partial charge is 0.170 e. The first kappa shape index (κ1) is 11.5. The third kappa shape index (κ3) is 2.97. The molecule has 0 saturated carbocycles. The molecule has 2 rings (SSSR count). The number of Topliss-reactive ketones (excluding diaryl/α,β-unsaturated/α-hetero) is 1. The Morgan fingerprint density at radius 3 is 2.71 bits per heavy atom. The summed E-state index contributed by atoms with van der Waals surface area (Å²) in [6.07, 6.45) is 6.36. The van der Waals surface area contributed by atoms with Crippen LogP contribution in [-0.2, 0) is 12.8 Å². The van der Waals surface area contributed by atoms with Gasteiger partial charge in [0.25, 0.3) is 0 Å². The number of ketones is 1. The Hall–Kier alpha value is -2.03. The van der Waals surface area contributed by atoms with Gasteiger partial charge in [0.1, 0.15) is 0 Å². The van der Waals surface area contributed by atoms with Gasteiger partial charge in [-0.2, -0.15) is 0 Å². The number of carbonyl (C=O) groups excluding carboxylic acids is 1. The maximum Gasteiger partial charge on any atom is 0.170 e. The quantitative estimate of drug-likeness (QED) is 0.752. The fourth-order valence-electron chi connectivity index (χ4n) is 1.56. The lowest BCUT2D eigenvalue weighted by Gasteiger charge is -2.01. The van der Waals surface area contributed by atoms with E-state index in [4.69, 9.17) is 0 Å². The molecule has 2 aromatic heterocycles. The minimum absolute atomic E-state index is 0.0508. The first-order valence-electron chi connectivity index (χ1n) is 5.66. The van der Waals surface area contributed by atoms with Gasteiger partial charge < -0.3 is 0 Å². The molecule has 0 spiro atoms. The summed E-state index contributed by atoms with van der Waals surface area (Å²) in [5.74, 6) is 0.0508. The second-order valence-electron chi connectivity index (χ2n) is 3.85. The molecule has 0 N–H and O–H groups in total. The highest BCUT2D eigenvalue weighted by Gasteiger charge is 2.07. The maximum absolute atomic E-state index is 11.9. The Morgan fingerprint density at radius 2 is 2.12 bits per heavy atom. The molecular weight excluding hydrogens is 212 g/mol. The van der Waals surface area contributed by atoms with Crippen molar-refractivity contribution < 1.29 is 4.79 Å². The molecule has 0 radical (unpaired) electrons. The van der Waals surface area contributed by atoms with E-state index >= 15 is 0 Å².